The van der Waals surface area contributed by atoms with E-state index in [-0.39, 0.29) is 5.91 Å². The standard InChI is InChI=1S/C20H30N2O/c1-3-4-5-6-7-8-9-10-11-18-12-14-19(15-13-18)22-16-17(2)20(23)21-22/h12-15H,2-11,16H2,1H3,(H,21,23). The first-order valence-electron chi connectivity index (χ1n) is 9.06. The fourth-order valence-corrected chi connectivity index (χ4v) is 2.97. The van der Waals surface area contributed by atoms with Crippen molar-refractivity contribution in [2.75, 3.05) is 11.6 Å². The summed E-state index contributed by atoms with van der Waals surface area (Å²) < 4.78 is 0. The first-order valence-corrected chi connectivity index (χ1v) is 9.06. The topological polar surface area (TPSA) is 32.3 Å². The van der Waals surface area contributed by atoms with Gasteiger partial charge in [0.2, 0.25) is 0 Å². The van der Waals surface area contributed by atoms with Gasteiger partial charge in [-0.3, -0.25) is 15.2 Å². The zero-order valence-corrected chi connectivity index (χ0v) is 14.4. The number of carbonyl (C=O) groups is 1. The molecule has 1 amide bonds. The lowest BCUT2D eigenvalue weighted by atomic mass is 10.0. The van der Waals surface area contributed by atoms with Crippen molar-refractivity contribution in [2.45, 2.75) is 64.7 Å². The van der Waals surface area contributed by atoms with Gasteiger partial charge in [-0.15, -0.1) is 0 Å². The summed E-state index contributed by atoms with van der Waals surface area (Å²) in [5.41, 5.74) is 5.84. The quantitative estimate of drug-likeness (QED) is 0.498. The van der Waals surface area contributed by atoms with Gasteiger partial charge in [0.1, 0.15) is 0 Å². The molecule has 3 heteroatoms. The second-order valence-electron chi connectivity index (χ2n) is 6.52. The molecule has 0 bridgehead atoms. The smallest absolute Gasteiger partial charge is 0.267 e. The molecule has 0 aromatic heterocycles. The molecule has 0 radical (unpaired) electrons. The number of unbranched alkanes of at least 4 members (excludes halogenated alkanes) is 7. The van der Waals surface area contributed by atoms with Gasteiger partial charge < -0.3 is 0 Å². The predicted octanol–water partition coefficient (Wildman–Crippen LogP) is 4.78. The molecule has 126 valence electrons. The zero-order valence-electron chi connectivity index (χ0n) is 14.4. The lowest BCUT2D eigenvalue weighted by molar-refractivity contribution is -0.116. The molecule has 1 N–H and O–H groups in total. The number of hydrogen-bond acceptors (Lipinski definition) is 2. The highest BCUT2D eigenvalue weighted by Crippen LogP contribution is 2.19. The van der Waals surface area contributed by atoms with Gasteiger partial charge in [-0.05, 0) is 30.5 Å². The zero-order chi connectivity index (χ0) is 16.5. The molecule has 1 heterocycles. The number of nitrogens with one attached hydrogen (secondary N) is 1. The van der Waals surface area contributed by atoms with E-state index in [2.05, 4.69) is 43.2 Å². The summed E-state index contributed by atoms with van der Waals surface area (Å²) in [5, 5.41) is 1.85. The van der Waals surface area contributed by atoms with Gasteiger partial charge in [0.15, 0.2) is 0 Å². The molecular weight excluding hydrogens is 284 g/mol. The van der Waals surface area contributed by atoms with Crippen LogP contribution in [0.4, 0.5) is 5.69 Å². The van der Waals surface area contributed by atoms with Crippen molar-refractivity contribution in [1.82, 2.24) is 5.43 Å². The Kier molecular flexibility index (Phi) is 7.18. The normalized spacial score (nSPS) is 14.4. The minimum Gasteiger partial charge on any atom is -0.281 e. The van der Waals surface area contributed by atoms with Crippen molar-refractivity contribution in [3.05, 3.63) is 42.0 Å². The van der Waals surface area contributed by atoms with Crippen LogP contribution < -0.4 is 10.4 Å². The second kappa shape index (κ2) is 9.39. The Hall–Kier alpha value is -1.77. The molecule has 0 spiro atoms. The fourth-order valence-electron chi connectivity index (χ4n) is 2.97. The molecule has 1 fully saturated rings. The Morgan fingerprint density at radius 3 is 2.17 bits per heavy atom. The summed E-state index contributed by atoms with van der Waals surface area (Å²) in [6.07, 6.45) is 12.0. The van der Waals surface area contributed by atoms with Crippen LogP contribution in [0.5, 0.6) is 0 Å². The minimum absolute atomic E-state index is 0.0759. The van der Waals surface area contributed by atoms with Crippen molar-refractivity contribution >= 4 is 11.6 Å². The number of carbonyl (C=O) groups excluding carboxylic acids is 1. The first kappa shape index (κ1) is 17.6. The van der Waals surface area contributed by atoms with Crippen LogP contribution in [0.1, 0.15) is 63.9 Å². The molecule has 1 aromatic carbocycles. The molecule has 1 saturated heterocycles. The van der Waals surface area contributed by atoms with Gasteiger partial charge in [-0.25, -0.2) is 0 Å². The fraction of sp³-hybridized carbons (Fsp3) is 0.550. The van der Waals surface area contributed by atoms with Crippen LogP contribution in [-0.4, -0.2) is 12.5 Å². The number of nitrogens with zero attached hydrogens (tertiary/aromatic N) is 1. The SMILES string of the molecule is C=C1CN(c2ccc(CCCCCCCCCC)cc2)NC1=O. The van der Waals surface area contributed by atoms with E-state index in [4.69, 9.17) is 0 Å². The molecular formula is C20H30N2O. The summed E-state index contributed by atoms with van der Waals surface area (Å²) in [4.78, 5) is 11.5. The summed E-state index contributed by atoms with van der Waals surface area (Å²) in [5.74, 6) is -0.0759. The molecule has 0 atom stereocenters. The summed E-state index contributed by atoms with van der Waals surface area (Å²) >= 11 is 0. The van der Waals surface area contributed by atoms with Crippen molar-refractivity contribution in [2.24, 2.45) is 0 Å². The van der Waals surface area contributed by atoms with Crippen molar-refractivity contribution < 1.29 is 4.79 Å². The molecule has 3 nitrogen and oxygen atoms in total. The third kappa shape index (κ3) is 5.74. The number of amides is 1. The van der Waals surface area contributed by atoms with Crippen LogP contribution in [-0.2, 0) is 11.2 Å². The maximum absolute atomic E-state index is 11.5. The van der Waals surface area contributed by atoms with Gasteiger partial charge in [-0.2, -0.15) is 0 Å². The highest BCUT2D eigenvalue weighted by atomic mass is 16.2. The van der Waals surface area contributed by atoms with Crippen LogP contribution >= 0.6 is 0 Å². The maximum Gasteiger partial charge on any atom is 0.267 e. The Bertz CT molecular complexity index is 491. The van der Waals surface area contributed by atoms with E-state index in [0.29, 0.717) is 12.1 Å². The van der Waals surface area contributed by atoms with Crippen LogP contribution in [0.25, 0.3) is 0 Å². The van der Waals surface area contributed by atoms with Gasteiger partial charge in [0.05, 0.1) is 12.2 Å². The van der Waals surface area contributed by atoms with Crippen LogP contribution in [0, 0.1) is 0 Å². The van der Waals surface area contributed by atoms with Crippen LogP contribution in [0.3, 0.4) is 0 Å². The number of aryl methyl sites for hydroxylation is 1. The van der Waals surface area contributed by atoms with Gasteiger partial charge in [0, 0.05) is 5.57 Å². The molecule has 1 aliphatic rings. The molecule has 23 heavy (non-hydrogen) atoms. The van der Waals surface area contributed by atoms with E-state index >= 15 is 0 Å². The number of hydrazine groups is 1. The van der Waals surface area contributed by atoms with E-state index in [1.807, 2.05) is 5.01 Å². The lowest BCUT2D eigenvalue weighted by Crippen LogP contribution is -2.32. The van der Waals surface area contributed by atoms with Crippen molar-refractivity contribution in [3.8, 4) is 0 Å². The molecule has 1 aromatic rings. The largest absolute Gasteiger partial charge is 0.281 e. The molecule has 1 aliphatic heterocycles. The average molecular weight is 314 g/mol. The summed E-state index contributed by atoms with van der Waals surface area (Å²) in [6.45, 7) is 6.58. The van der Waals surface area contributed by atoms with E-state index < -0.39 is 0 Å². The van der Waals surface area contributed by atoms with Crippen molar-refractivity contribution in [3.63, 3.8) is 0 Å². The third-order valence-corrected chi connectivity index (χ3v) is 4.47. The van der Waals surface area contributed by atoms with Crippen LogP contribution in [0.2, 0.25) is 0 Å². The van der Waals surface area contributed by atoms with E-state index in [9.17, 15) is 4.79 Å². The first-order chi connectivity index (χ1) is 11.2. The number of rotatable bonds is 10. The minimum atomic E-state index is -0.0759. The summed E-state index contributed by atoms with van der Waals surface area (Å²) in [7, 11) is 0. The highest BCUT2D eigenvalue weighted by Gasteiger charge is 2.22. The second-order valence-corrected chi connectivity index (χ2v) is 6.52. The van der Waals surface area contributed by atoms with Crippen LogP contribution in [0.15, 0.2) is 36.4 Å². The van der Waals surface area contributed by atoms with E-state index in [0.717, 1.165) is 12.1 Å². The predicted molar refractivity (Wildman–Crippen MR) is 97.4 cm³/mol. The van der Waals surface area contributed by atoms with Gasteiger partial charge in [0.25, 0.3) is 5.91 Å². The Labute approximate surface area is 140 Å². The highest BCUT2D eigenvalue weighted by molar-refractivity contribution is 5.97. The van der Waals surface area contributed by atoms with Gasteiger partial charge >= 0.3 is 0 Å². The summed E-state index contributed by atoms with van der Waals surface area (Å²) in [6, 6.07) is 8.51. The maximum atomic E-state index is 11.5. The molecule has 0 unspecified atom stereocenters. The Balaban J connectivity index is 1.64. The third-order valence-electron chi connectivity index (χ3n) is 4.47. The van der Waals surface area contributed by atoms with E-state index in [1.165, 1.54) is 56.9 Å². The monoisotopic (exact) mass is 314 g/mol. The van der Waals surface area contributed by atoms with Crippen molar-refractivity contribution in [1.29, 1.82) is 0 Å². The molecule has 0 saturated carbocycles. The Morgan fingerprint density at radius 2 is 1.61 bits per heavy atom. The average Bonchev–Trinajstić information content (AvgIpc) is 2.90. The Morgan fingerprint density at radius 1 is 1.00 bits per heavy atom. The molecule has 2 rings (SSSR count). The number of anilines is 1. The number of benzene rings is 1. The van der Waals surface area contributed by atoms with Gasteiger partial charge in [-0.1, -0.05) is 70.6 Å². The van der Waals surface area contributed by atoms with E-state index in [1.54, 1.807) is 0 Å². The number of hydrogen-bond donors (Lipinski definition) is 1. The lowest BCUT2D eigenvalue weighted by Gasteiger charge is -2.17. The molecule has 0 aliphatic carbocycles.